The lowest BCUT2D eigenvalue weighted by molar-refractivity contribution is 0.00578. The van der Waals surface area contributed by atoms with Crippen LogP contribution in [0.1, 0.15) is 111 Å². The van der Waals surface area contributed by atoms with Gasteiger partial charge in [0.2, 0.25) is 0 Å². The van der Waals surface area contributed by atoms with Gasteiger partial charge in [-0.3, -0.25) is 0 Å². The van der Waals surface area contributed by atoms with Crippen LogP contribution in [0.25, 0.3) is 0 Å². The molecule has 8 nitrogen and oxygen atoms in total. The van der Waals surface area contributed by atoms with Crippen LogP contribution in [0.3, 0.4) is 0 Å². The molecular formula is C24H48B4O8. The minimum Gasteiger partial charge on any atom is -0.405 e. The molecule has 0 radical (unpaired) electrons. The molecule has 0 aromatic heterocycles. The van der Waals surface area contributed by atoms with Crippen molar-refractivity contribution in [3.8, 4) is 0 Å². The van der Waals surface area contributed by atoms with Crippen molar-refractivity contribution in [1.29, 1.82) is 0 Å². The summed E-state index contributed by atoms with van der Waals surface area (Å²) in [6.45, 7) is 32.4. The molecule has 204 valence electrons. The lowest BCUT2D eigenvalue weighted by Gasteiger charge is -2.32. The van der Waals surface area contributed by atoms with Crippen LogP contribution in [0.2, 0.25) is 0 Å². The lowest BCUT2D eigenvalue weighted by atomic mass is 9.49. The van der Waals surface area contributed by atoms with Gasteiger partial charge >= 0.3 is 28.0 Å². The van der Waals surface area contributed by atoms with E-state index in [1.165, 1.54) is 0 Å². The summed E-state index contributed by atoms with van der Waals surface area (Å²) in [6, 6.07) is 0. The first-order valence-corrected chi connectivity index (χ1v) is 13.2. The average molecular weight is 508 g/mol. The third-order valence-electron chi connectivity index (χ3n) is 9.53. The molecule has 0 aliphatic carbocycles. The van der Waals surface area contributed by atoms with Gasteiger partial charge in [0, 0.05) is 0 Å². The monoisotopic (exact) mass is 508 g/mol. The smallest absolute Gasteiger partial charge is 0.405 e. The molecule has 4 saturated heterocycles. The molecule has 0 aromatic carbocycles. The van der Waals surface area contributed by atoms with E-state index in [1.807, 2.05) is 111 Å². The maximum Gasteiger partial charge on any atom is 0.488 e. The summed E-state index contributed by atoms with van der Waals surface area (Å²) in [5.74, 6) is 0. The van der Waals surface area contributed by atoms with Gasteiger partial charge in [-0.1, -0.05) is 0 Å². The van der Waals surface area contributed by atoms with Gasteiger partial charge in [0.25, 0.3) is 0 Å². The van der Waals surface area contributed by atoms with E-state index in [-0.39, 0.29) is 44.8 Å². The Morgan fingerprint density at radius 3 is 0.389 bits per heavy atom. The van der Waals surface area contributed by atoms with E-state index in [9.17, 15) is 0 Å². The first kappa shape index (κ1) is 30.5. The Hall–Kier alpha value is -0.0603. The van der Waals surface area contributed by atoms with Crippen molar-refractivity contribution in [3.63, 3.8) is 0 Å². The summed E-state index contributed by atoms with van der Waals surface area (Å²) in [5, 5.41) is 0. The Kier molecular flexibility index (Phi) is 7.38. The summed E-state index contributed by atoms with van der Waals surface area (Å²) < 4.78 is 47.7. The molecule has 0 atom stereocenters. The summed E-state index contributed by atoms with van der Waals surface area (Å²) in [7, 11) is -1.90. The molecule has 4 heterocycles. The highest BCUT2D eigenvalue weighted by molar-refractivity contribution is 7.11. The standard InChI is InChI=1S/2C12H24B2O4/c2*1-9(2)10(3,4)16-13(15-9)14-17-11(5,6)12(7,8)18-14/h2*1-8H3. The lowest BCUT2D eigenvalue weighted by Crippen LogP contribution is -2.41. The second-order valence-electron chi connectivity index (χ2n) is 14.5. The fourth-order valence-corrected chi connectivity index (χ4v) is 4.00. The molecule has 36 heavy (non-hydrogen) atoms. The molecule has 0 spiro atoms. The summed E-state index contributed by atoms with van der Waals surface area (Å²) >= 11 is 0. The van der Waals surface area contributed by atoms with Crippen molar-refractivity contribution in [3.05, 3.63) is 0 Å². The molecule has 4 aliphatic heterocycles. The fourth-order valence-electron chi connectivity index (χ4n) is 4.00. The third kappa shape index (κ3) is 5.23. The average Bonchev–Trinajstić information content (AvgIpc) is 3.17. The van der Waals surface area contributed by atoms with Crippen LogP contribution in [0, 0.1) is 0 Å². The molecular weight excluding hydrogens is 460 g/mol. The van der Waals surface area contributed by atoms with Gasteiger partial charge in [0.15, 0.2) is 0 Å². The SMILES string of the molecule is CC1(C)OB(B2OC(C)(C)C(C)(C)O2)OC1(C)C.CC1(C)OB(B2OC(C)(C)C(C)(C)O2)OC1(C)C. The highest BCUT2D eigenvalue weighted by Gasteiger charge is 2.65. The highest BCUT2D eigenvalue weighted by Crippen LogP contribution is 2.44. The molecule has 0 saturated carbocycles. The van der Waals surface area contributed by atoms with Crippen molar-refractivity contribution in [2.24, 2.45) is 0 Å². The zero-order chi connectivity index (χ0) is 28.0. The first-order chi connectivity index (χ1) is 15.8. The van der Waals surface area contributed by atoms with Crippen LogP contribution in [-0.4, -0.2) is 72.8 Å². The van der Waals surface area contributed by atoms with E-state index < -0.39 is 28.0 Å². The van der Waals surface area contributed by atoms with Crippen molar-refractivity contribution in [2.75, 3.05) is 0 Å². The molecule has 0 bridgehead atoms. The van der Waals surface area contributed by atoms with Gasteiger partial charge in [0.05, 0.1) is 44.8 Å². The zero-order valence-corrected chi connectivity index (χ0v) is 25.6. The molecule has 12 heteroatoms. The summed E-state index contributed by atoms with van der Waals surface area (Å²) in [5.41, 5.74) is -2.88. The van der Waals surface area contributed by atoms with Crippen molar-refractivity contribution < 1.29 is 37.2 Å². The molecule has 0 amide bonds. The molecule has 4 aliphatic rings. The van der Waals surface area contributed by atoms with Gasteiger partial charge in [0.1, 0.15) is 0 Å². The maximum atomic E-state index is 5.96. The Balaban J connectivity index is 0.000000201. The quantitative estimate of drug-likeness (QED) is 0.506. The number of hydrogen-bond acceptors (Lipinski definition) is 8. The van der Waals surface area contributed by atoms with E-state index in [0.29, 0.717) is 0 Å². The van der Waals surface area contributed by atoms with Crippen LogP contribution in [0.15, 0.2) is 0 Å². The second kappa shape index (κ2) is 8.72. The topological polar surface area (TPSA) is 73.8 Å². The van der Waals surface area contributed by atoms with E-state index >= 15 is 0 Å². The van der Waals surface area contributed by atoms with Crippen LogP contribution >= 0.6 is 0 Å². The largest absolute Gasteiger partial charge is 0.488 e. The Morgan fingerprint density at radius 1 is 0.222 bits per heavy atom. The van der Waals surface area contributed by atoms with Gasteiger partial charge < -0.3 is 37.2 Å². The van der Waals surface area contributed by atoms with Crippen molar-refractivity contribution in [2.45, 2.75) is 156 Å². The zero-order valence-electron chi connectivity index (χ0n) is 25.6. The maximum absolute atomic E-state index is 5.96. The fraction of sp³-hybridized carbons (Fsp3) is 1.00. The van der Waals surface area contributed by atoms with E-state index in [2.05, 4.69) is 0 Å². The summed E-state index contributed by atoms with van der Waals surface area (Å²) in [4.78, 5) is 0. The minimum absolute atomic E-state index is 0.360. The van der Waals surface area contributed by atoms with Gasteiger partial charge in [-0.15, -0.1) is 0 Å². The van der Waals surface area contributed by atoms with Gasteiger partial charge in [-0.2, -0.15) is 0 Å². The van der Waals surface area contributed by atoms with Crippen LogP contribution in [0.4, 0.5) is 0 Å². The van der Waals surface area contributed by atoms with Crippen molar-refractivity contribution >= 4 is 28.0 Å². The molecule has 0 unspecified atom stereocenters. The predicted molar refractivity (Wildman–Crippen MR) is 144 cm³/mol. The Labute approximate surface area is 221 Å². The van der Waals surface area contributed by atoms with Gasteiger partial charge in [-0.05, 0) is 111 Å². The van der Waals surface area contributed by atoms with Crippen LogP contribution in [0.5, 0.6) is 0 Å². The number of rotatable bonds is 2. The van der Waals surface area contributed by atoms with E-state index in [1.54, 1.807) is 0 Å². The summed E-state index contributed by atoms with van der Waals surface area (Å²) in [6.07, 6.45) is 0. The molecule has 0 N–H and O–H groups in total. The van der Waals surface area contributed by atoms with Gasteiger partial charge in [-0.25, -0.2) is 0 Å². The van der Waals surface area contributed by atoms with Crippen LogP contribution < -0.4 is 0 Å². The van der Waals surface area contributed by atoms with Crippen molar-refractivity contribution in [1.82, 2.24) is 0 Å². The third-order valence-corrected chi connectivity index (χ3v) is 9.53. The second-order valence-corrected chi connectivity index (χ2v) is 14.5. The minimum atomic E-state index is -0.476. The molecule has 0 aromatic rings. The molecule has 4 fully saturated rings. The first-order valence-electron chi connectivity index (χ1n) is 13.2. The van der Waals surface area contributed by atoms with E-state index in [0.717, 1.165) is 0 Å². The highest BCUT2D eigenvalue weighted by atomic mass is 16.7. The Morgan fingerprint density at radius 2 is 0.306 bits per heavy atom. The molecule has 4 rings (SSSR count). The normalized spacial score (nSPS) is 32.0. The Bertz CT molecular complexity index is 640. The predicted octanol–water partition coefficient (Wildman–Crippen LogP) is 4.50. The van der Waals surface area contributed by atoms with Crippen LogP contribution in [-0.2, 0) is 37.2 Å². The van der Waals surface area contributed by atoms with E-state index in [4.69, 9.17) is 37.2 Å². The number of hydrogen-bond donors (Lipinski definition) is 0.